The van der Waals surface area contributed by atoms with E-state index >= 15 is 0 Å². The summed E-state index contributed by atoms with van der Waals surface area (Å²) in [5.74, 6) is -0.298. The lowest BCUT2D eigenvalue weighted by molar-refractivity contribution is -0.137. The van der Waals surface area contributed by atoms with E-state index in [1.807, 2.05) is 0 Å². The van der Waals surface area contributed by atoms with Crippen molar-refractivity contribution in [1.82, 2.24) is 4.90 Å². The van der Waals surface area contributed by atoms with Crippen LogP contribution in [0.3, 0.4) is 0 Å². The first-order valence-electron chi connectivity index (χ1n) is 7.43. The number of alkyl halides is 3. The van der Waals surface area contributed by atoms with Gasteiger partial charge in [0.1, 0.15) is 0 Å². The molecule has 120 valence electrons. The number of rotatable bonds is 2. The number of carbonyl (C=O) groups excluding carboxylic acids is 1. The molecule has 0 radical (unpaired) electrons. The predicted octanol–water partition coefficient (Wildman–Crippen LogP) is 3.49. The Morgan fingerprint density at radius 2 is 1.86 bits per heavy atom. The van der Waals surface area contributed by atoms with Crippen LogP contribution in [0.25, 0.3) is 0 Å². The van der Waals surface area contributed by atoms with Crippen molar-refractivity contribution in [1.29, 1.82) is 0 Å². The molecule has 22 heavy (non-hydrogen) atoms. The summed E-state index contributed by atoms with van der Waals surface area (Å²) in [6.07, 6.45) is -0.971. The summed E-state index contributed by atoms with van der Waals surface area (Å²) < 4.78 is 43.8. The molecule has 0 saturated carbocycles. The zero-order valence-electron chi connectivity index (χ0n) is 12.3. The number of hydrogen-bond acceptors (Lipinski definition) is 2. The maximum atomic E-state index is 12.8. The highest BCUT2D eigenvalue weighted by Crippen LogP contribution is 2.38. The predicted molar refractivity (Wildman–Crippen MR) is 74.5 cm³/mol. The highest BCUT2D eigenvalue weighted by atomic mass is 19.4. The molecule has 1 aromatic carbocycles. The summed E-state index contributed by atoms with van der Waals surface area (Å²) in [5.41, 5.74) is -0.667. The Morgan fingerprint density at radius 1 is 1.23 bits per heavy atom. The number of fused-ring (bicyclic) bond motifs is 2. The van der Waals surface area contributed by atoms with Crippen molar-refractivity contribution in [2.75, 3.05) is 7.11 Å². The fourth-order valence-electron chi connectivity index (χ4n) is 3.63. The molecule has 1 aromatic rings. The average Bonchev–Trinajstić information content (AvgIpc) is 2.75. The second-order valence-corrected chi connectivity index (χ2v) is 6.01. The number of ether oxygens (including phenoxy) is 1. The number of carbonyl (C=O) groups is 1. The minimum absolute atomic E-state index is 0.0748. The maximum Gasteiger partial charge on any atom is 0.416 e. The molecule has 2 saturated heterocycles. The van der Waals surface area contributed by atoms with Crippen LogP contribution in [0.15, 0.2) is 24.3 Å². The van der Waals surface area contributed by atoms with E-state index < -0.39 is 11.7 Å². The normalized spacial score (nSPS) is 28.0. The van der Waals surface area contributed by atoms with Crippen molar-refractivity contribution in [3.8, 4) is 0 Å². The molecule has 0 spiro atoms. The molecule has 0 aliphatic carbocycles. The molecule has 2 bridgehead atoms. The molecule has 2 unspecified atom stereocenters. The third kappa shape index (κ3) is 2.72. The number of halogens is 3. The number of methoxy groups -OCH3 is 1. The summed E-state index contributed by atoms with van der Waals surface area (Å²) in [7, 11) is 1.66. The van der Waals surface area contributed by atoms with Gasteiger partial charge < -0.3 is 9.64 Å². The van der Waals surface area contributed by atoms with Gasteiger partial charge in [0.2, 0.25) is 0 Å². The van der Waals surface area contributed by atoms with Crippen LogP contribution in [0.5, 0.6) is 0 Å². The molecule has 2 atom stereocenters. The second-order valence-electron chi connectivity index (χ2n) is 6.01. The van der Waals surface area contributed by atoms with E-state index in [1.165, 1.54) is 12.1 Å². The number of nitrogens with zero attached hydrogens (tertiary/aromatic N) is 1. The second kappa shape index (κ2) is 5.57. The van der Waals surface area contributed by atoms with E-state index in [1.54, 1.807) is 12.0 Å². The number of piperidine rings is 1. The van der Waals surface area contributed by atoms with E-state index in [9.17, 15) is 18.0 Å². The SMILES string of the molecule is COC1CC2CCC(C1)N2C(=O)c1cccc(C(F)(F)F)c1. The first-order chi connectivity index (χ1) is 10.4. The summed E-state index contributed by atoms with van der Waals surface area (Å²) >= 11 is 0. The third-order valence-corrected chi connectivity index (χ3v) is 4.69. The van der Waals surface area contributed by atoms with Gasteiger partial charge in [-0.05, 0) is 43.9 Å². The summed E-state index contributed by atoms with van der Waals surface area (Å²) in [6.45, 7) is 0. The van der Waals surface area contributed by atoms with Gasteiger partial charge in [0.15, 0.2) is 0 Å². The lowest BCUT2D eigenvalue weighted by Gasteiger charge is -2.38. The Balaban J connectivity index is 1.83. The van der Waals surface area contributed by atoms with Gasteiger partial charge in [-0.25, -0.2) is 0 Å². The van der Waals surface area contributed by atoms with Crippen LogP contribution in [0.1, 0.15) is 41.6 Å². The van der Waals surface area contributed by atoms with Crippen molar-refractivity contribution >= 4 is 5.91 Å². The molecule has 1 amide bonds. The molecule has 3 nitrogen and oxygen atoms in total. The van der Waals surface area contributed by atoms with Gasteiger partial charge >= 0.3 is 6.18 Å². The summed E-state index contributed by atoms with van der Waals surface area (Å²) in [6, 6.07) is 4.84. The Kier molecular flexibility index (Phi) is 3.89. The first-order valence-corrected chi connectivity index (χ1v) is 7.43. The van der Waals surface area contributed by atoms with Gasteiger partial charge in [0, 0.05) is 24.8 Å². The zero-order chi connectivity index (χ0) is 15.9. The van der Waals surface area contributed by atoms with E-state index in [-0.39, 0.29) is 29.7 Å². The quantitative estimate of drug-likeness (QED) is 0.836. The Hall–Kier alpha value is -1.56. The van der Waals surface area contributed by atoms with E-state index in [0.29, 0.717) is 0 Å². The lowest BCUT2D eigenvalue weighted by atomic mass is 9.98. The molecule has 2 fully saturated rings. The topological polar surface area (TPSA) is 29.5 Å². The Bertz CT molecular complexity index is 559. The highest BCUT2D eigenvalue weighted by Gasteiger charge is 2.43. The van der Waals surface area contributed by atoms with Crippen molar-refractivity contribution in [3.05, 3.63) is 35.4 Å². The van der Waals surface area contributed by atoms with Crippen LogP contribution < -0.4 is 0 Å². The molecule has 3 rings (SSSR count). The number of benzene rings is 1. The molecule has 0 aromatic heterocycles. The van der Waals surface area contributed by atoms with Gasteiger partial charge in [-0.1, -0.05) is 6.07 Å². The fourth-order valence-corrected chi connectivity index (χ4v) is 3.63. The van der Waals surface area contributed by atoms with Crippen LogP contribution >= 0.6 is 0 Å². The fraction of sp³-hybridized carbons (Fsp3) is 0.562. The van der Waals surface area contributed by atoms with Crippen molar-refractivity contribution in [2.45, 2.75) is 50.0 Å². The molecule has 2 heterocycles. The van der Waals surface area contributed by atoms with E-state index in [2.05, 4.69) is 0 Å². The van der Waals surface area contributed by atoms with Crippen molar-refractivity contribution in [3.63, 3.8) is 0 Å². The van der Waals surface area contributed by atoms with Crippen molar-refractivity contribution in [2.24, 2.45) is 0 Å². The minimum Gasteiger partial charge on any atom is -0.381 e. The Labute approximate surface area is 127 Å². The summed E-state index contributed by atoms with van der Waals surface area (Å²) in [4.78, 5) is 14.4. The Morgan fingerprint density at radius 3 is 2.41 bits per heavy atom. The van der Waals surface area contributed by atoms with Gasteiger partial charge in [-0.2, -0.15) is 13.2 Å². The van der Waals surface area contributed by atoms with Crippen LogP contribution in [0, 0.1) is 0 Å². The highest BCUT2D eigenvalue weighted by molar-refractivity contribution is 5.95. The number of amides is 1. The molecule has 2 aliphatic heterocycles. The first kappa shape index (κ1) is 15.3. The number of hydrogen-bond donors (Lipinski definition) is 0. The third-order valence-electron chi connectivity index (χ3n) is 4.69. The van der Waals surface area contributed by atoms with Crippen LogP contribution in [0.4, 0.5) is 13.2 Å². The summed E-state index contributed by atoms with van der Waals surface area (Å²) in [5, 5.41) is 0. The van der Waals surface area contributed by atoms with Crippen LogP contribution in [-0.2, 0) is 10.9 Å². The van der Waals surface area contributed by atoms with Crippen LogP contribution in [-0.4, -0.2) is 36.1 Å². The van der Waals surface area contributed by atoms with Gasteiger partial charge in [0.05, 0.1) is 11.7 Å². The largest absolute Gasteiger partial charge is 0.416 e. The minimum atomic E-state index is -4.43. The monoisotopic (exact) mass is 313 g/mol. The molecular weight excluding hydrogens is 295 g/mol. The average molecular weight is 313 g/mol. The lowest BCUT2D eigenvalue weighted by Crippen LogP contribution is -2.48. The van der Waals surface area contributed by atoms with Gasteiger partial charge in [-0.3, -0.25) is 4.79 Å². The molecular formula is C16H18F3NO2. The van der Waals surface area contributed by atoms with Crippen molar-refractivity contribution < 1.29 is 22.7 Å². The van der Waals surface area contributed by atoms with Gasteiger partial charge in [0.25, 0.3) is 5.91 Å². The molecule has 2 aliphatic rings. The zero-order valence-corrected chi connectivity index (χ0v) is 12.3. The smallest absolute Gasteiger partial charge is 0.381 e. The maximum absolute atomic E-state index is 12.8. The van der Waals surface area contributed by atoms with Gasteiger partial charge in [-0.15, -0.1) is 0 Å². The van der Waals surface area contributed by atoms with Crippen LogP contribution in [0.2, 0.25) is 0 Å². The standard InChI is InChI=1S/C16H18F3NO2/c1-22-14-8-12-5-6-13(9-14)20(12)15(21)10-3-2-4-11(7-10)16(17,18)19/h2-4,7,12-14H,5-6,8-9H2,1H3. The van der Waals surface area contributed by atoms with E-state index in [0.717, 1.165) is 37.8 Å². The van der Waals surface area contributed by atoms with E-state index in [4.69, 9.17) is 4.74 Å². The molecule has 0 N–H and O–H groups in total. The molecule has 6 heteroatoms.